The highest BCUT2D eigenvalue weighted by molar-refractivity contribution is 6.76. The van der Waals surface area contributed by atoms with Crippen LogP contribution in [0.5, 0.6) is 0 Å². The number of amides is 2. The number of aromatic nitrogens is 2. The number of ether oxygens (including phenoxy) is 3. The van der Waals surface area contributed by atoms with Crippen molar-refractivity contribution in [2.75, 3.05) is 6.61 Å². The number of hydrogen-bond donors (Lipinski definition) is 0. The third-order valence-electron chi connectivity index (χ3n) is 10.7. The minimum absolute atomic E-state index is 0.0133. The number of rotatable bonds is 14. The number of carbonyl (C=O) groups is 2. The predicted octanol–water partition coefficient (Wildman–Crippen LogP) is 8.73. The average Bonchev–Trinajstić information content (AvgIpc) is 3.70. The van der Waals surface area contributed by atoms with Gasteiger partial charge >= 0.3 is 6.03 Å². The largest absolute Gasteiger partial charge is 0.360 e. The van der Waals surface area contributed by atoms with Crippen LogP contribution < -0.4 is 0 Å². The minimum atomic E-state index is -1.20. The first kappa shape index (κ1) is 38.7. The monoisotopic (exact) mass is 758 g/mol. The van der Waals surface area contributed by atoms with E-state index in [4.69, 9.17) is 14.2 Å². The molecule has 9 nitrogen and oxygen atoms in total. The van der Waals surface area contributed by atoms with E-state index < -0.39 is 26.1 Å². The molecule has 2 saturated heterocycles. The van der Waals surface area contributed by atoms with E-state index in [1.54, 1.807) is 6.92 Å². The fraction of sp³-hybridized carbons (Fsp3) is 0.400. The minimum Gasteiger partial charge on any atom is -0.360 e. The molecule has 0 bridgehead atoms. The second-order valence-electron chi connectivity index (χ2n) is 16.8. The molecule has 4 aromatic carbocycles. The van der Waals surface area contributed by atoms with Crippen LogP contribution in [-0.2, 0) is 46.9 Å². The fourth-order valence-electron chi connectivity index (χ4n) is 7.90. The molecular formula is C45H54N4O5Si. The van der Waals surface area contributed by atoms with Crippen LogP contribution in [0, 0.1) is 0 Å². The Hall–Kier alpha value is -4.61. The van der Waals surface area contributed by atoms with Crippen molar-refractivity contribution < 1.29 is 23.8 Å². The normalized spacial score (nSPS) is 21.2. The molecule has 2 amide bonds. The SMILES string of the molecule is CC(=O)c1cccc(CN2C(=O)N(Cc3ccc4c(cnn4COCC[Si](C)(C)C)c3)[C@H](Cc3ccccc3)[C@@H]3OC(C)(C)O[C@H]3[C@H]2Cc2ccccc2)c1. The molecule has 7 rings (SSSR count). The zero-order valence-electron chi connectivity index (χ0n) is 33.0. The second kappa shape index (κ2) is 16.2. The van der Waals surface area contributed by atoms with Gasteiger partial charge in [0.05, 0.1) is 23.8 Å². The van der Waals surface area contributed by atoms with E-state index in [2.05, 4.69) is 67.2 Å². The van der Waals surface area contributed by atoms with E-state index in [9.17, 15) is 4.79 Å². The van der Waals surface area contributed by atoms with Gasteiger partial charge in [-0.1, -0.05) is 105 Å². The van der Waals surface area contributed by atoms with E-state index in [-0.39, 0.29) is 23.9 Å². The van der Waals surface area contributed by atoms with E-state index in [0.29, 0.717) is 38.2 Å². The zero-order chi connectivity index (χ0) is 38.7. The molecule has 0 radical (unpaired) electrons. The van der Waals surface area contributed by atoms with E-state index in [1.165, 1.54) is 0 Å². The van der Waals surface area contributed by atoms with Gasteiger partial charge in [0.25, 0.3) is 0 Å². The molecule has 2 aliphatic rings. The molecule has 4 atom stereocenters. The Balaban J connectivity index is 1.28. The number of hydrogen-bond acceptors (Lipinski definition) is 6. The molecule has 0 aliphatic carbocycles. The molecule has 0 unspecified atom stereocenters. The van der Waals surface area contributed by atoms with Crippen LogP contribution in [-0.4, -0.2) is 76.2 Å². The van der Waals surface area contributed by atoms with Gasteiger partial charge in [0, 0.05) is 38.7 Å². The smallest absolute Gasteiger partial charge is 0.321 e. The van der Waals surface area contributed by atoms with Crippen LogP contribution in [0.3, 0.4) is 0 Å². The Morgan fingerprint density at radius 2 is 1.33 bits per heavy atom. The summed E-state index contributed by atoms with van der Waals surface area (Å²) in [5, 5.41) is 5.65. The molecule has 0 spiro atoms. The Bertz CT molecular complexity index is 2100. The highest BCUT2D eigenvalue weighted by atomic mass is 28.3. The molecule has 1 aromatic heterocycles. The predicted molar refractivity (Wildman–Crippen MR) is 218 cm³/mol. The Morgan fingerprint density at radius 1 is 0.764 bits per heavy atom. The summed E-state index contributed by atoms with van der Waals surface area (Å²) in [6.45, 7) is 14.3. The Kier molecular flexibility index (Phi) is 11.4. The number of ketones is 1. The van der Waals surface area contributed by atoms with E-state index in [0.717, 1.165) is 45.8 Å². The number of benzene rings is 4. The lowest BCUT2D eigenvalue weighted by atomic mass is 9.91. The van der Waals surface area contributed by atoms with Crippen LogP contribution in [0.4, 0.5) is 4.79 Å². The average molecular weight is 759 g/mol. The lowest BCUT2D eigenvalue weighted by molar-refractivity contribution is -0.157. The van der Waals surface area contributed by atoms with Crippen LogP contribution in [0.15, 0.2) is 109 Å². The van der Waals surface area contributed by atoms with E-state index in [1.807, 2.05) is 95.2 Å². The van der Waals surface area contributed by atoms with Gasteiger partial charge in [0.15, 0.2) is 11.6 Å². The second-order valence-corrected chi connectivity index (χ2v) is 22.4. The van der Waals surface area contributed by atoms with Gasteiger partial charge in [-0.05, 0) is 80.1 Å². The van der Waals surface area contributed by atoms with Crippen molar-refractivity contribution in [2.45, 2.75) is 109 Å². The molecule has 0 saturated carbocycles. The number of fused-ring (bicyclic) bond motifs is 2. The van der Waals surface area contributed by atoms with E-state index >= 15 is 4.79 Å². The summed E-state index contributed by atoms with van der Waals surface area (Å²) in [4.78, 5) is 31.9. The van der Waals surface area contributed by atoms with Crippen molar-refractivity contribution in [2.24, 2.45) is 0 Å². The fourth-order valence-corrected chi connectivity index (χ4v) is 8.66. The zero-order valence-corrected chi connectivity index (χ0v) is 34.0. The summed E-state index contributed by atoms with van der Waals surface area (Å²) in [6, 6.07) is 34.8. The number of Topliss-reactive ketones (excluding diaryl/α,β-unsaturated/α-hetero) is 1. The standard InChI is InChI=1S/C45H54N4O5Si/c1-32(50)37-19-13-18-35(24-37)29-47-40(26-33-14-9-7-10-15-33)42-43(54-45(2,3)53-42)41(27-34-16-11-8-12-17-34)48(44(47)51)30-36-20-21-39-38(25-36)28-46-49(39)31-52-22-23-55(4,5)6/h7-21,24-25,28,40-43H,22-23,26-27,29-31H2,1-6H3/t40-,41-,42+,43+/m1/s1. The molecule has 2 aliphatic heterocycles. The van der Waals surface area contributed by atoms with Gasteiger partial charge in [-0.2, -0.15) is 5.10 Å². The van der Waals surface area contributed by atoms with Crippen molar-refractivity contribution in [3.8, 4) is 0 Å². The number of carbonyl (C=O) groups excluding carboxylic acids is 2. The Labute approximate surface area is 326 Å². The van der Waals surface area contributed by atoms with Gasteiger partial charge in [0.1, 0.15) is 18.9 Å². The molecule has 0 N–H and O–H groups in total. The lowest BCUT2D eigenvalue weighted by Gasteiger charge is -2.37. The summed E-state index contributed by atoms with van der Waals surface area (Å²) >= 11 is 0. The summed E-state index contributed by atoms with van der Waals surface area (Å²) in [5.74, 6) is -0.878. The van der Waals surface area contributed by atoms with Gasteiger partial charge in [-0.3, -0.25) is 4.79 Å². The van der Waals surface area contributed by atoms with Crippen LogP contribution in [0.2, 0.25) is 25.7 Å². The maximum absolute atomic E-state index is 15.5. The van der Waals surface area contributed by atoms with Crippen LogP contribution in [0.1, 0.15) is 53.4 Å². The quantitative estimate of drug-likeness (QED) is 0.0640. The number of urea groups is 1. The highest BCUT2D eigenvalue weighted by Gasteiger charge is 2.55. The maximum Gasteiger partial charge on any atom is 0.321 e. The van der Waals surface area contributed by atoms with Crippen molar-refractivity contribution in [1.29, 1.82) is 0 Å². The van der Waals surface area contributed by atoms with Crippen molar-refractivity contribution >= 4 is 30.8 Å². The van der Waals surface area contributed by atoms with Crippen molar-refractivity contribution in [3.63, 3.8) is 0 Å². The van der Waals surface area contributed by atoms with Gasteiger partial charge < -0.3 is 24.0 Å². The topological polar surface area (TPSA) is 86.1 Å². The molecule has 288 valence electrons. The molecule has 3 heterocycles. The third-order valence-corrected chi connectivity index (χ3v) is 12.4. The van der Waals surface area contributed by atoms with Crippen molar-refractivity contribution in [1.82, 2.24) is 19.6 Å². The summed E-state index contributed by atoms with van der Waals surface area (Å²) in [7, 11) is -1.20. The van der Waals surface area contributed by atoms with Crippen LogP contribution >= 0.6 is 0 Å². The molecule has 5 aromatic rings. The number of nitrogens with zero attached hydrogens (tertiary/aromatic N) is 4. The Morgan fingerprint density at radius 3 is 1.89 bits per heavy atom. The van der Waals surface area contributed by atoms with Gasteiger partial charge in [0.2, 0.25) is 0 Å². The van der Waals surface area contributed by atoms with Crippen LogP contribution in [0.25, 0.3) is 10.9 Å². The first-order valence-corrected chi connectivity index (χ1v) is 23.2. The third kappa shape index (κ3) is 9.27. The molecule has 2 fully saturated rings. The first-order valence-electron chi connectivity index (χ1n) is 19.5. The summed E-state index contributed by atoms with van der Waals surface area (Å²) in [5.41, 5.74) is 5.71. The first-order chi connectivity index (χ1) is 26.3. The molecule has 55 heavy (non-hydrogen) atoms. The summed E-state index contributed by atoms with van der Waals surface area (Å²) < 4.78 is 21.7. The maximum atomic E-state index is 15.5. The van der Waals surface area contributed by atoms with Crippen molar-refractivity contribution in [3.05, 3.63) is 137 Å². The molecule has 10 heteroatoms. The van der Waals surface area contributed by atoms with Gasteiger partial charge in [-0.25, -0.2) is 9.48 Å². The molecular weight excluding hydrogens is 705 g/mol. The summed E-state index contributed by atoms with van der Waals surface area (Å²) in [6.07, 6.45) is 2.21. The lowest BCUT2D eigenvalue weighted by Crippen LogP contribution is -2.51. The van der Waals surface area contributed by atoms with Gasteiger partial charge in [-0.15, -0.1) is 0 Å². The highest BCUT2D eigenvalue weighted by Crippen LogP contribution is 2.40.